The van der Waals surface area contributed by atoms with Crippen molar-refractivity contribution in [1.82, 2.24) is 4.98 Å². The highest BCUT2D eigenvalue weighted by molar-refractivity contribution is 7.92. The molecule has 1 aromatic carbocycles. The third-order valence-electron chi connectivity index (χ3n) is 3.86. The van der Waals surface area contributed by atoms with E-state index in [1.54, 1.807) is 30.3 Å². The molecule has 0 aliphatic carbocycles. The van der Waals surface area contributed by atoms with Gasteiger partial charge in [-0.1, -0.05) is 6.07 Å². The third kappa shape index (κ3) is 5.93. The van der Waals surface area contributed by atoms with Crippen LogP contribution in [0, 0.1) is 0 Å². The van der Waals surface area contributed by atoms with Crippen LogP contribution in [0.2, 0.25) is 0 Å². The second-order valence-electron chi connectivity index (χ2n) is 6.24. The molecule has 2 N–H and O–H groups in total. The normalized spacial score (nSPS) is 16.7. The van der Waals surface area contributed by atoms with Crippen LogP contribution in [0.3, 0.4) is 0 Å². The molecule has 2 aromatic rings. The minimum atomic E-state index is -3.39. The van der Waals surface area contributed by atoms with E-state index in [0.29, 0.717) is 29.4 Å². The maximum absolute atomic E-state index is 12.3. The predicted molar refractivity (Wildman–Crippen MR) is 102 cm³/mol. The number of nitrogens with zero attached hydrogens (tertiary/aromatic N) is 1. The topological polar surface area (TPSA) is 107 Å². The summed E-state index contributed by atoms with van der Waals surface area (Å²) in [6, 6.07) is 9.68. The lowest BCUT2D eigenvalue weighted by Gasteiger charge is -2.11. The molecule has 2 heterocycles. The molecule has 0 saturated carbocycles. The molecule has 9 heteroatoms. The van der Waals surface area contributed by atoms with E-state index in [2.05, 4.69) is 15.0 Å². The number of benzene rings is 1. The number of pyridine rings is 1. The van der Waals surface area contributed by atoms with Crippen LogP contribution >= 0.6 is 0 Å². The molecule has 1 aromatic heterocycles. The van der Waals surface area contributed by atoms with E-state index in [4.69, 9.17) is 9.47 Å². The smallest absolute Gasteiger partial charge is 0.257 e. The average molecular weight is 391 g/mol. The van der Waals surface area contributed by atoms with Crippen LogP contribution in [0.25, 0.3) is 0 Å². The summed E-state index contributed by atoms with van der Waals surface area (Å²) in [6.45, 7) is 1.21. The average Bonchev–Trinajstić information content (AvgIpc) is 3.13. The summed E-state index contributed by atoms with van der Waals surface area (Å²) in [5, 5.41) is 2.71. The molecule has 0 bridgehead atoms. The van der Waals surface area contributed by atoms with Gasteiger partial charge < -0.3 is 14.8 Å². The van der Waals surface area contributed by atoms with Gasteiger partial charge in [-0.05, 0) is 37.1 Å². The molecular formula is C18H21N3O5S. The van der Waals surface area contributed by atoms with Crippen molar-refractivity contribution in [3.63, 3.8) is 0 Å². The lowest BCUT2D eigenvalue weighted by molar-refractivity contribution is 0.0663. The van der Waals surface area contributed by atoms with Crippen molar-refractivity contribution in [3.05, 3.63) is 48.2 Å². The number of sulfonamides is 1. The molecule has 8 nitrogen and oxygen atoms in total. The Morgan fingerprint density at radius 3 is 2.78 bits per heavy atom. The lowest BCUT2D eigenvalue weighted by atomic mass is 10.2. The van der Waals surface area contributed by atoms with E-state index in [1.807, 2.05) is 0 Å². The molecule has 3 rings (SSSR count). The SMILES string of the molecule is CS(=O)(=O)Nc1cccc(NC(=O)c2ccc(OCC3CCCO3)nc2)c1. The molecular weight excluding hydrogens is 370 g/mol. The van der Waals surface area contributed by atoms with Gasteiger partial charge in [-0.15, -0.1) is 0 Å². The first-order valence-corrected chi connectivity index (χ1v) is 10.4. The number of ether oxygens (including phenoxy) is 2. The number of amides is 1. The Kier molecular flexibility index (Phi) is 5.92. The summed E-state index contributed by atoms with van der Waals surface area (Å²) in [5.41, 5.74) is 1.19. The van der Waals surface area contributed by atoms with Gasteiger partial charge >= 0.3 is 0 Å². The third-order valence-corrected chi connectivity index (χ3v) is 4.47. The van der Waals surface area contributed by atoms with Crippen molar-refractivity contribution in [2.75, 3.05) is 29.5 Å². The van der Waals surface area contributed by atoms with E-state index in [0.717, 1.165) is 25.7 Å². The van der Waals surface area contributed by atoms with E-state index in [-0.39, 0.29) is 12.0 Å². The van der Waals surface area contributed by atoms with Crippen molar-refractivity contribution in [3.8, 4) is 5.88 Å². The predicted octanol–water partition coefficient (Wildman–Crippen LogP) is 2.26. The van der Waals surface area contributed by atoms with Crippen LogP contribution in [0.1, 0.15) is 23.2 Å². The molecule has 1 unspecified atom stereocenters. The van der Waals surface area contributed by atoms with Gasteiger partial charge in [0.25, 0.3) is 5.91 Å². The van der Waals surface area contributed by atoms with Gasteiger partial charge in [0, 0.05) is 24.6 Å². The number of hydrogen-bond acceptors (Lipinski definition) is 6. The molecule has 27 heavy (non-hydrogen) atoms. The van der Waals surface area contributed by atoms with Crippen LogP contribution in [-0.2, 0) is 14.8 Å². The van der Waals surface area contributed by atoms with E-state index >= 15 is 0 Å². The number of carbonyl (C=O) groups is 1. The number of anilines is 2. The van der Waals surface area contributed by atoms with Crippen LogP contribution < -0.4 is 14.8 Å². The Balaban J connectivity index is 1.58. The molecule has 1 atom stereocenters. The molecule has 1 aliphatic heterocycles. The van der Waals surface area contributed by atoms with E-state index in [1.165, 1.54) is 12.3 Å². The summed E-state index contributed by atoms with van der Waals surface area (Å²) in [6.07, 6.45) is 4.61. The summed E-state index contributed by atoms with van der Waals surface area (Å²) < 4.78 is 36.0. The molecule has 1 fully saturated rings. The van der Waals surface area contributed by atoms with Gasteiger partial charge in [0.1, 0.15) is 6.61 Å². The quantitative estimate of drug-likeness (QED) is 0.750. The zero-order valence-electron chi connectivity index (χ0n) is 14.8. The number of nitrogens with one attached hydrogen (secondary N) is 2. The van der Waals surface area contributed by atoms with Crippen molar-refractivity contribution in [2.45, 2.75) is 18.9 Å². The highest BCUT2D eigenvalue weighted by Gasteiger charge is 2.16. The highest BCUT2D eigenvalue weighted by atomic mass is 32.2. The first-order chi connectivity index (χ1) is 12.9. The second-order valence-corrected chi connectivity index (χ2v) is 7.99. The molecule has 1 saturated heterocycles. The molecule has 1 aliphatic rings. The van der Waals surface area contributed by atoms with Gasteiger partial charge in [0.15, 0.2) is 0 Å². The van der Waals surface area contributed by atoms with Gasteiger partial charge in [-0.25, -0.2) is 13.4 Å². The summed E-state index contributed by atoms with van der Waals surface area (Å²) in [7, 11) is -3.39. The zero-order chi connectivity index (χ0) is 19.3. The Bertz CT molecular complexity index is 893. The molecule has 0 radical (unpaired) electrons. The standard InChI is InChI=1S/C18H21N3O5S/c1-27(23,24)21-15-5-2-4-14(10-15)20-18(22)13-7-8-17(19-11-13)26-12-16-6-3-9-25-16/h2,4-5,7-8,10-11,16,21H,3,6,9,12H2,1H3,(H,20,22). The van der Waals surface area contributed by atoms with E-state index in [9.17, 15) is 13.2 Å². The summed E-state index contributed by atoms with van der Waals surface area (Å²) >= 11 is 0. The van der Waals surface area contributed by atoms with Gasteiger partial charge in [0.2, 0.25) is 15.9 Å². The minimum Gasteiger partial charge on any atom is -0.475 e. The zero-order valence-corrected chi connectivity index (χ0v) is 15.7. The Morgan fingerprint density at radius 1 is 1.30 bits per heavy atom. The van der Waals surface area contributed by atoms with Crippen LogP contribution in [0.4, 0.5) is 11.4 Å². The second kappa shape index (κ2) is 8.36. The van der Waals surface area contributed by atoms with Crippen LogP contribution in [-0.4, -0.2) is 44.9 Å². The fourth-order valence-corrected chi connectivity index (χ4v) is 3.19. The highest BCUT2D eigenvalue weighted by Crippen LogP contribution is 2.18. The number of hydrogen-bond donors (Lipinski definition) is 2. The first kappa shape index (κ1) is 19.1. The number of carbonyl (C=O) groups excluding carboxylic acids is 1. The fourth-order valence-electron chi connectivity index (χ4n) is 2.63. The van der Waals surface area contributed by atoms with Crippen molar-refractivity contribution in [2.24, 2.45) is 0 Å². The summed E-state index contributed by atoms with van der Waals surface area (Å²) in [4.78, 5) is 16.5. The van der Waals surface area contributed by atoms with Gasteiger partial charge in [-0.2, -0.15) is 0 Å². The molecule has 144 valence electrons. The minimum absolute atomic E-state index is 0.0996. The van der Waals surface area contributed by atoms with Crippen molar-refractivity contribution in [1.29, 1.82) is 0 Å². The van der Waals surface area contributed by atoms with Crippen LogP contribution in [0.5, 0.6) is 5.88 Å². The molecule has 1 amide bonds. The number of rotatable bonds is 7. The largest absolute Gasteiger partial charge is 0.475 e. The van der Waals surface area contributed by atoms with Crippen molar-refractivity contribution < 1.29 is 22.7 Å². The number of aromatic nitrogens is 1. The Morgan fingerprint density at radius 2 is 2.11 bits per heavy atom. The Hall–Kier alpha value is -2.65. The maximum atomic E-state index is 12.3. The fraction of sp³-hybridized carbons (Fsp3) is 0.333. The first-order valence-electron chi connectivity index (χ1n) is 8.49. The van der Waals surface area contributed by atoms with Gasteiger partial charge in [-0.3, -0.25) is 9.52 Å². The van der Waals surface area contributed by atoms with E-state index < -0.39 is 10.0 Å². The summed E-state index contributed by atoms with van der Waals surface area (Å²) in [5.74, 6) is 0.0751. The maximum Gasteiger partial charge on any atom is 0.257 e. The Labute approximate surface area is 158 Å². The molecule has 0 spiro atoms. The van der Waals surface area contributed by atoms with Crippen molar-refractivity contribution >= 4 is 27.3 Å². The van der Waals surface area contributed by atoms with Gasteiger partial charge in [0.05, 0.1) is 23.6 Å². The lowest BCUT2D eigenvalue weighted by Crippen LogP contribution is -2.17. The van der Waals surface area contributed by atoms with Crippen LogP contribution in [0.15, 0.2) is 42.6 Å². The monoisotopic (exact) mass is 391 g/mol.